The van der Waals surface area contributed by atoms with E-state index in [0.29, 0.717) is 53.3 Å². The summed E-state index contributed by atoms with van der Waals surface area (Å²) < 4.78 is 89.1. The van der Waals surface area contributed by atoms with E-state index in [1.165, 1.54) is 18.2 Å². The van der Waals surface area contributed by atoms with E-state index in [4.69, 9.17) is 21.1 Å². The molecule has 0 bridgehead atoms. The number of halogens is 7. The molecule has 8 nitrogen and oxygen atoms in total. The summed E-state index contributed by atoms with van der Waals surface area (Å²) in [5.41, 5.74) is -2.13. The number of aryl methyl sites for hydroxylation is 2. The molecule has 4 aromatic carbocycles. The van der Waals surface area contributed by atoms with E-state index >= 15 is 0 Å². The molecule has 5 rings (SSSR count). The van der Waals surface area contributed by atoms with Crippen molar-refractivity contribution < 1.29 is 55.5 Å². The molecule has 1 heterocycles. The number of nitrogens with zero attached hydrogens (tertiary/aromatic N) is 2. The highest BCUT2D eigenvalue weighted by molar-refractivity contribution is 9.10. The third-order valence-corrected chi connectivity index (χ3v) is 11.3. The van der Waals surface area contributed by atoms with Gasteiger partial charge < -0.3 is 19.5 Å². The van der Waals surface area contributed by atoms with E-state index in [-0.39, 0.29) is 35.1 Å². The van der Waals surface area contributed by atoms with Gasteiger partial charge in [0.2, 0.25) is 0 Å². The number of carbonyl (C=O) groups is 2. The van der Waals surface area contributed by atoms with Crippen LogP contribution in [0.25, 0.3) is 16.0 Å². The SMILES string of the molecule is CC(O)(c1ccc(Br)c(C#N)c1)C(F)(F)F.CCc1cc(C=O)ccc1B1OC(C)(C)C(C)(C)O1.[C-]#[N+]c1cc(C(C)(O)C(F)(F)F)ccc1-c1ccc(C=O)cc1CC. The second-order valence-electron chi connectivity index (χ2n) is 15.2. The molecule has 1 fully saturated rings. The van der Waals surface area contributed by atoms with E-state index < -0.39 is 29.1 Å². The fourth-order valence-electron chi connectivity index (χ4n) is 5.84. The Balaban J connectivity index is 0.000000247. The van der Waals surface area contributed by atoms with Crippen molar-refractivity contribution in [1.29, 1.82) is 5.26 Å². The first-order valence-corrected chi connectivity index (χ1v) is 19.3. The van der Waals surface area contributed by atoms with Gasteiger partial charge in [-0.2, -0.15) is 31.6 Å². The minimum absolute atomic E-state index is 0.00979. The van der Waals surface area contributed by atoms with Crippen molar-refractivity contribution in [1.82, 2.24) is 0 Å². The molecule has 1 aliphatic heterocycles. The lowest BCUT2D eigenvalue weighted by molar-refractivity contribution is -0.259. The zero-order chi connectivity index (χ0) is 45.6. The van der Waals surface area contributed by atoms with Crippen LogP contribution in [-0.4, -0.2) is 53.5 Å². The van der Waals surface area contributed by atoms with Crippen LogP contribution in [-0.2, 0) is 33.4 Å². The van der Waals surface area contributed by atoms with Crippen LogP contribution in [0.5, 0.6) is 0 Å². The molecule has 60 heavy (non-hydrogen) atoms. The highest BCUT2D eigenvalue weighted by atomic mass is 79.9. The van der Waals surface area contributed by atoms with Crippen molar-refractivity contribution in [2.45, 2.75) is 103 Å². The molecule has 4 aromatic rings. The van der Waals surface area contributed by atoms with Crippen LogP contribution in [0, 0.1) is 17.9 Å². The summed E-state index contributed by atoms with van der Waals surface area (Å²) in [7, 11) is -0.361. The molecule has 16 heteroatoms. The van der Waals surface area contributed by atoms with E-state index in [1.807, 2.05) is 52.8 Å². The standard InChI is InChI=1S/C19H16F3NO2.C15H21BO3.C10H7BrF3NO/c1-4-13-9-12(11-24)5-7-15(13)16-8-6-14(10-17(16)23-3)18(2,25)19(20,21)22;1-6-12-9-11(10-17)7-8-13(12)16-18-14(2,3)15(4,5)19-16;1-9(16,10(12,13)14)7-2-3-8(11)6(4-7)5-15/h5-11,25H,4H2,1-2H3;7-10H,6H2,1-5H3;2-4,16H,1H3. The molecule has 0 radical (unpaired) electrons. The number of nitriles is 1. The normalized spacial score (nSPS) is 16.4. The van der Waals surface area contributed by atoms with Gasteiger partial charge in [0, 0.05) is 15.6 Å². The maximum Gasteiger partial charge on any atom is 0.495 e. The zero-order valence-corrected chi connectivity index (χ0v) is 35.7. The Morgan fingerprint density at radius 2 is 1.20 bits per heavy atom. The Bertz CT molecular complexity index is 2280. The smallest absolute Gasteiger partial charge is 0.399 e. The molecule has 0 saturated carbocycles. The molecular weight excluding hydrogens is 857 g/mol. The molecule has 0 spiro atoms. The molecule has 1 saturated heterocycles. The number of aldehydes is 2. The van der Waals surface area contributed by atoms with Crippen molar-refractivity contribution in [3.8, 4) is 17.2 Å². The zero-order valence-electron chi connectivity index (χ0n) is 34.1. The van der Waals surface area contributed by atoms with Crippen LogP contribution in [0.1, 0.15) is 104 Å². The monoisotopic (exact) mass is 900 g/mol. The van der Waals surface area contributed by atoms with E-state index in [1.54, 1.807) is 24.3 Å². The van der Waals surface area contributed by atoms with Gasteiger partial charge in [0.05, 0.1) is 23.3 Å². The summed E-state index contributed by atoms with van der Waals surface area (Å²) >= 11 is 3.02. The van der Waals surface area contributed by atoms with Crippen LogP contribution in [0.15, 0.2) is 77.3 Å². The van der Waals surface area contributed by atoms with Gasteiger partial charge in [-0.25, -0.2) is 4.85 Å². The first-order valence-electron chi connectivity index (χ1n) is 18.5. The topological polar surface area (TPSA) is 121 Å². The van der Waals surface area contributed by atoms with E-state index in [2.05, 4.69) is 27.7 Å². The van der Waals surface area contributed by atoms with Crippen molar-refractivity contribution in [3.63, 3.8) is 0 Å². The highest BCUT2D eigenvalue weighted by Crippen LogP contribution is 2.43. The Hall–Kier alpha value is -4.84. The number of rotatable bonds is 8. The van der Waals surface area contributed by atoms with Crippen LogP contribution in [0.3, 0.4) is 0 Å². The molecular formula is C44H44BBrF6N2O6. The van der Waals surface area contributed by atoms with Crippen molar-refractivity contribution in [2.24, 2.45) is 0 Å². The minimum atomic E-state index is -4.85. The van der Waals surface area contributed by atoms with E-state index in [0.717, 1.165) is 47.5 Å². The maximum absolute atomic E-state index is 13.0. The highest BCUT2D eigenvalue weighted by Gasteiger charge is 2.53. The minimum Gasteiger partial charge on any atom is -0.399 e. The fraction of sp³-hybridized carbons (Fsp3) is 0.364. The predicted octanol–water partition coefficient (Wildman–Crippen LogP) is 10.5. The molecule has 2 unspecified atom stereocenters. The van der Waals surface area contributed by atoms with Gasteiger partial charge in [0.15, 0.2) is 16.9 Å². The number of hydrogen-bond acceptors (Lipinski definition) is 7. The lowest BCUT2D eigenvalue weighted by Crippen LogP contribution is -2.41. The van der Waals surface area contributed by atoms with Gasteiger partial charge in [0.1, 0.15) is 18.6 Å². The first kappa shape index (κ1) is 49.5. The molecule has 318 valence electrons. The summed E-state index contributed by atoms with van der Waals surface area (Å²) in [6.45, 7) is 20.7. The van der Waals surface area contributed by atoms with Gasteiger partial charge in [-0.15, -0.1) is 0 Å². The summed E-state index contributed by atoms with van der Waals surface area (Å²) in [6.07, 6.45) is -6.62. The summed E-state index contributed by atoms with van der Waals surface area (Å²) in [5.74, 6) is 0. The van der Waals surface area contributed by atoms with Crippen molar-refractivity contribution in [2.75, 3.05) is 0 Å². The number of alkyl halides is 6. The Labute approximate surface area is 354 Å². The molecule has 0 aromatic heterocycles. The average Bonchev–Trinajstić information content (AvgIpc) is 3.41. The fourth-order valence-corrected chi connectivity index (χ4v) is 6.18. The average molecular weight is 902 g/mol. The molecule has 1 aliphatic rings. The number of aliphatic hydroxyl groups is 2. The number of hydrogen-bond donors (Lipinski definition) is 2. The summed E-state index contributed by atoms with van der Waals surface area (Å²) in [6, 6.07) is 19.4. The molecule has 0 aliphatic carbocycles. The van der Waals surface area contributed by atoms with Gasteiger partial charge in [0.25, 0.3) is 0 Å². The van der Waals surface area contributed by atoms with Crippen LogP contribution >= 0.6 is 15.9 Å². The lowest BCUT2D eigenvalue weighted by atomic mass is 9.75. The maximum atomic E-state index is 13.0. The van der Waals surface area contributed by atoms with Crippen LogP contribution < -0.4 is 5.46 Å². The quantitative estimate of drug-likeness (QED) is 0.0782. The Morgan fingerprint density at radius 3 is 1.65 bits per heavy atom. The van der Waals surface area contributed by atoms with Gasteiger partial charge in [-0.05, 0) is 139 Å². The number of carbonyl (C=O) groups excluding carboxylic acids is 2. The van der Waals surface area contributed by atoms with Gasteiger partial charge in [-0.1, -0.05) is 56.3 Å². The number of benzene rings is 4. The third kappa shape index (κ3) is 10.7. The second-order valence-corrected chi connectivity index (χ2v) is 16.1. The Kier molecular flexibility index (Phi) is 15.5. The van der Waals surface area contributed by atoms with Crippen molar-refractivity contribution in [3.05, 3.63) is 128 Å². The lowest BCUT2D eigenvalue weighted by Gasteiger charge is -2.32. The summed E-state index contributed by atoms with van der Waals surface area (Å²) in [4.78, 5) is 25.1. The molecule has 2 atom stereocenters. The largest absolute Gasteiger partial charge is 0.495 e. The predicted molar refractivity (Wildman–Crippen MR) is 220 cm³/mol. The summed E-state index contributed by atoms with van der Waals surface area (Å²) in [5, 5.41) is 27.9. The van der Waals surface area contributed by atoms with E-state index in [9.17, 15) is 46.1 Å². The van der Waals surface area contributed by atoms with Crippen molar-refractivity contribution >= 4 is 46.8 Å². The Morgan fingerprint density at radius 1 is 0.750 bits per heavy atom. The molecule has 0 amide bonds. The van der Waals surface area contributed by atoms with Gasteiger partial charge in [-0.3, -0.25) is 9.59 Å². The first-order chi connectivity index (χ1) is 27.7. The van der Waals surface area contributed by atoms with Crippen LogP contribution in [0.4, 0.5) is 32.0 Å². The third-order valence-electron chi connectivity index (χ3n) is 10.6. The van der Waals surface area contributed by atoms with Crippen LogP contribution in [0.2, 0.25) is 0 Å². The second kappa shape index (κ2) is 18.8. The molecule has 2 N–H and O–H groups in total. The van der Waals surface area contributed by atoms with Gasteiger partial charge >= 0.3 is 19.5 Å².